The monoisotopic (exact) mass is 271 g/mol. The van der Waals surface area contributed by atoms with Gasteiger partial charge in [-0.15, -0.1) is 0 Å². The van der Waals surface area contributed by atoms with Crippen molar-refractivity contribution in [2.24, 2.45) is 0 Å². The highest BCUT2D eigenvalue weighted by atomic mass is 16.4. The number of rotatable bonds is 6. The molecular weight excluding hydrogens is 250 g/mol. The maximum Gasteiger partial charge on any atom is 0.305 e. The predicted octanol–water partition coefficient (Wildman–Crippen LogP) is 3.53. The molecule has 0 saturated carbocycles. The third-order valence-electron chi connectivity index (χ3n) is 3.66. The van der Waals surface area contributed by atoms with Gasteiger partial charge in [0.25, 0.3) is 0 Å². The Bertz CT molecular complexity index is 609. The Kier molecular flexibility index (Phi) is 4.40. The number of hydrogen-bond acceptors (Lipinski definition) is 2. The molecule has 0 saturated heterocycles. The van der Waals surface area contributed by atoms with E-state index >= 15 is 0 Å². The molecule has 0 aromatic heterocycles. The molecule has 1 atom stereocenters. The molecular formula is C17H21NO2. The summed E-state index contributed by atoms with van der Waals surface area (Å²) >= 11 is 0. The summed E-state index contributed by atoms with van der Waals surface area (Å²) in [6.45, 7) is 4.84. The van der Waals surface area contributed by atoms with E-state index in [1.165, 1.54) is 5.39 Å². The van der Waals surface area contributed by atoms with Crippen LogP contribution in [0.2, 0.25) is 0 Å². The Morgan fingerprint density at radius 1 is 1.20 bits per heavy atom. The number of carbonyl (C=O) groups is 1. The number of carboxylic acid groups (broad SMARTS) is 1. The summed E-state index contributed by atoms with van der Waals surface area (Å²) in [7, 11) is 0. The second-order valence-electron chi connectivity index (χ2n) is 5.39. The van der Waals surface area contributed by atoms with Crippen LogP contribution in [-0.4, -0.2) is 17.6 Å². The molecule has 0 aliphatic rings. The molecule has 2 aromatic rings. The van der Waals surface area contributed by atoms with Crippen molar-refractivity contribution in [3.05, 3.63) is 48.0 Å². The van der Waals surface area contributed by atoms with E-state index in [-0.39, 0.29) is 6.42 Å². The largest absolute Gasteiger partial charge is 0.481 e. The van der Waals surface area contributed by atoms with Crippen LogP contribution in [0.5, 0.6) is 0 Å². The van der Waals surface area contributed by atoms with Crippen molar-refractivity contribution in [3.63, 3.8) is 0 Å². The number of benzene rings is 2. The lowest BCUT2D eigenvalue weighted by Crippen LogP contribution is -2.41. The lowest BCUT2D eigenvalue weighted by Gasteiger charge is -2.30. The average Bonchev–Trinajstić information content (AvgIpc) is 2.44. The van der Waals surface area contributed by atoms with Crippen LogP contribution in [0.15, 0.2) is 42.5 Å². The molecule has 0 amide bonds. The van der Waals surface area contributed by atoms with Gasteiger partial charge in [-0.2, -0.15) is 0 Å². The molecule has 0 radical (unpaired) electrons. The Morgan fingerprint density at radius 3 is 2.55 bits per heavy atom. The Balaban J connectivity index is 2.41. The minimum Gasteiger partial charge on any atom is -0.481 e. The van der Waals surface area contributed by atoms with E-state index in [1.807, 2.05) is 25.1 Å². The van der Waals surface area contributed by atoms with Crippen molar-refractivity contribution in [2.45, 2.75) is 32.2 Å². The highest BCUT2D eigenvalue weighted by molar-refractivity contribution is 5.83. The Morgan fingerprint density at radius 2 is 1.90 bits per heavy atom. The van der Waals surface area contributed by atoms with Crippen molar-refractivity contribution in [1.82, 2.24) is 5.32 Å². The van der Waals surface area contributed by atoms with E-state index < -0.39 is 11.5 Å². The topological polar surface area (TPSA) is 49.3 Å². The second kappa shape index (κ2) is 6.06. The highest BCUT2D eigenvalue weighted by Crippen LogP contribution is 2.28. The van der Waals surface area contributed by atoms with Crippen molar-refractivity contribution in [2.75, 3.05) is 6.54 Å². The van der Waals surface area contributed by atoms with Gasteiger partial charge in [-0.25, -0.2) is 0 Å². The molecule has 0 aliphatic carbocycles. The maximum absolute atomic E-state index is 11.2. The SMILES string of the molecule is CCCNC(C)(CC(=O)O)c1ccc2ccccc2c1. The number of hydrogen-bond donors (Lipinski definition) is 2. The quantitative estimate of drug-likeness (QED) is 0.845. The molecule has 3 nitrogen and oxygen atoms in total. The first-order valence-electron chi connectivity index (χ1n) is 7.01. The van der Waals surface area contributed by atoms with Crippen LogP contribution in [0, 0.1) is 0 Å². The molecule has 20 heavy (non-hydrogen) atoms. The van der Waals surface area contributed by atoms with Crippen LogP contribution in [0.4, 0.5) is 0 Å². The molecule has 0 fully saturated rings. The summed E-state index contributed by atoms with van der Waals surface area (Å²) in [5.74, 6) is -0.788. The Hall–Kier alpha value is -1.87. The van der Waals surface area contributed by atoms with Crippen molar-refractivity contribution in [3.8, 4) is 0 Å². The van der Waals surface area contributed by atoms with Gasteiger partial charge in [0.05, 0.1) is 12.0 Å². The molecule has 2 aromatic carbocycles. The first kappa shape index (κ1) is 14.5. The van der Waals surface area contributed by atoms with E-state index in [0.717, 1.165) is 23.9 Å². The summed E-state index contributed by atoms with van der Waals surface area (Å²) < 4.78 is 0. The summed E-state index contributed by atoms with van der Waals surface area (Å²) in [6, 6.07) is 14.3. The fourth-order valence-corrected chi connectivity index (χ4v) is 2.50. The predicted molar refractivity (Wildman–Crippen MR) is 81.8 cm³/mol. The van der Waals surface area contributed by atoms with Gasteiger partial charge in [0.15, 0.2) is 0 Å². The van der Waals surface area contributed by atoms with Gasteiger partial charge in [-0.1, -0.05) is 43.3 Å². The van der Waals surface area contributed by atoms with Crippen LogP contribution in [0.1, 0.15) is 32.3 Å². The molecule has 106 valence electrons. The van der Waals surface area contributed by atoms with Crippen LogP contribution < -0.4 is 5.32 Å². The third-order valence-corrected chi connectivity index (χ3v) is 3.66. The fraction of sp³-hybridized carbons (Fsp3) is 0.353. The zero-order chi connectivity index (χ0) is 14.6. The summed E-state index contributed by atoms with van der Waals surface area (Å²) in [5.41, 5.74) is 0.485. The van der Waals surface area contributed by atoms with E-state index in [2.05, 4.69) is 36.5 Å². The first-order valence-corrected chi connectivity index (χ1v) is 7.01. The van der Waals surface area contributed by atoms with Crippen molar-refractivity contribution < 1.29 is 9.90 Å². The molecule has 0 spiro atoms. The summed E-state index contributed by atoms with van der Waals surface area (Å²) in [4.78, 5) is 11.2. The van der Waals surface area contributed by atoms with Gasteiger partial charge in [-0.05, 0) is 42.3 Å². The maximum atomic E-state index is 11.2. The summed E-state index contributed by atoms with van der Waals surface area (Å²) in [5, 5.41) is 14.9. The van der Waals surface area contributed by atoms with Crippen LogP contribution in [0.3, 0.4) is 0 Å². The lowest BCUT2D eigenvalue weighted by atomic mass is 9.87. The van der Waals surface area contributed by atoms with Gasteiger partial charge >= 0.3 is 5.97 Å². The molecule has 0 aliphatic heterocycles. The van der Waals surface area contributed by atoms with E-state index in [0.29, 0.717) is 0 Å². The minimum absolute atomic E-state index is 0.0747. The lowest BCUT2D eigenvalue weighted by molar-refractivity contribution is -0.138. The first-order chi connectivity index (χ1) is 9.55. The van der Waals surface area contributed by atoms with Crippen molar-refractivity contribution in [1.29, 1.82) is 0 Å². The molecule has 0 heterocycles. The molecule has 3 heteroatoms. The van der Waals surface area contributed by atoms with Crippen LogP contribution in [-0.2, 0) is 10.3 Å². The van der Waals surface area contributed by atoms with E-state index in [4.69, 9.17) is 0 Å². The third kappa shape index (κ3) is 3.17. The van der Waals surface area contributed by atoms with Gasteiger partial charge in [-0.3, -0.25) is 4.79 Å². The molecule has 2 N–H and O–H groups in total. The van der Waals surface area contributed by atoms with Crippen LogP contribution in [0.25, 0.3) is 10.8 Å². The van der Waals surface area contributed by atoms with Gasteiger partial charge < -0.3 is 10.4 Å². The molecule has 2 rings (SSSR count). The zero-order valence-corrected chi connectivity index (χ0v) is 12.0. The highest BCUT2D eigenvalue weighted by Gasteiger charge is 2.28. The van der Waals surface area contributed by atoms with Gasteiger partial charge in [0.1, 0.15) is 0 Å². The van der Waals surface area contributed by atoms with Crippen LogP contribution >= 0.6 is 0 Å². The van der Waals surface area contributed by atoms with Crippen molar-refractivity contribution >= 4 is 16.7 Å². The summed E-state index contributed by atoms with van der Waals surface area (Å²) in [6.07, 6.45) is 1.05. The molecule has 1 unspecified atom stereocenters. The normalized spacial score (nSPS) is 14.1. The van der Waals surface area contributed by atoms with E-state index in [1.54, 1.807) is 0 Å². The Labute approximate surface area is 119 Å². The van der Waals surface area contributed by atoms with Gasteiger partial charge in [0, 0.05) is 0 Å². The van der Waals surface area contributed by atoms with E-state index in [9.17, 15) is 9.90 Å². The fourth-order valence-electron chi connectivity index (χ4n) is 2.50. The van der Waals surface area contributed by atoms with Gasteiger partial charge in [0.2, 0.25) is 0 Å². The number of nitrogens with one attached hydrogen (secondary N) is 1. The second-order valence-corrected chi connectivity index (χ2v) is 5.39. The smallest absolute Gasteiger partial charge is 0.305 e. The minimum atomic E-state index is -0.788. The number of fused-ring (bicyclic) bond motifs is 1. The molecule has 0 bridgehead atoms. The standard InChI is InChI=1S/C17H21NO2/c1-3-10-18-17(2,12-16(19)20)15-9-8-13-6-4-5-7-14(13)11-15/h4-9,11,18H,3,10,12H2,1-2H3,(H,19,20). The average molecular weight is 271 g/mol. The number of aliphatic carboxylic acids is 1. The zero-order valence-electron chi connectivity index (χ0n) is 12.0. The number of carboxylic acids is 1.